The van der Waals surface area contributed by atoms with E-state index in [9.17, 15) is 8.42 Å². The number of nitrogens with one attached hydrogen (secondary N) is 2. The first-order valence-corrected chi connectivity index (χ1v) is 8.35. The van der Waals surface area contributed by atoms with Crippen LogP contribution in [-0.2, 0) is 10.0 Å². The Morgan fingerprint density at radius 3 is 2.41 bits per heavy atom. The number of hydrogen-bond acceptors (Lipinski definition) is 3. The van der Waals surface area contributed by atoms with E-state index in [1.54, 1.807) is 0 Å². The SMILES string of the molecule is CC(C)NCCS(=O)(=O)NCC1CCCCC1. The van der Waals surface area contributed by atoms with Gasteiger partial charge in [0.05, 0.1) is 5.75 Å². The number of sulfonamides is 1. The highest BCUT2D eigenvalue weighted by molar-refractivity contribution is 7.89. The van der Waals surface area contributed by atoms with E-state index in [0.29, 0.717) is 25.0 Å². The summed E-state index contributed by atoms with van der Waals surface area (Å²) in [4.78, 5) is 0. The van der Waals surface area contributed by atoms with Crippen LogP contribution in [0.15, 0.2) is 0 Å². The summed E-state index contributed by atoms with van der Waals surface area (Å²) >= 11 is 0. The van der Waals surface area contributed by atoms with Crippen LogP contribution in [0.3, 0.4) is 0 Å². The first-order valence-electron chi connectivity index (χ1n) is 6.70. The Kier molecular flexibility index (Phi) is 6.44. The zero-order valence-corrected chi connectivity index (χ0v) is 11.9. The van der Waals surface area contributed by atoms with Gasteiger partial charge in [-0.05, 0) is 18.8 Å². The fourth-order valence-corrected chi connectivity index (χ4v) is 3.21. The molecule has 0 aromatic rings. The van der Waals surface area contributed by atoms with Gasteiger partial charge in [0.15, 0.2) is 0 Å². The van der Waals surface area contributed by atoms with Crippen LogP contribution >= 0.6 is 0 Å². The van der Waals surface area contributed by atoms with Crippen molar-refractivity contribution in [3.8, 4) is 0 Å². The van der Waals surface area contributed by atoms with E-state index in [0.717, 1.165) is 0 Å². The first kappa shape index (κ1) is 14.9. The molecule has 1 aliphatic carbocycles. The maximum Gasteiger partial charge on any atom is 0.212 e. The van der Waals surface area contributed by atoms with E-state index in [4.69, 9.17) is 0 Å². The summed E-state index contributed by atoms with van der Waals surface area (Å²) in [6.45, 7) is 5.19. The molecule has 5 heteroatoms. The minimum Gasteiger partial charge on any atom is -0.313 e. The molecule has 1 rings (SSSR count). The highest BCUT2D eigenvalue weighted by Gasteiger charge is 2.16. The summed E-state index contributed by atoms with van der Waals surface area (Å²) in [6, 6.07) is 0.337. The summed E-state index contributed by atoms with van der Waals surface area (Å²) in [7, 11) is -3.09. The third-order valence-corrected chi connectivity index (χ3v) is 4.59. The number of rotatable bonds is 7. The maximum atomic E-state index is 11.7. The molecule has 102 valence electrons. The molecule has 0 atom stereocenters. The van der Waals surface area contributed by atoms with E-state index in [2.05, 4.69) is 10.0 Å². The summed E-state index contributed by atoms with van der Waals surface area (Å²) in [5, 5.41) is 3.12. The lowest BCUT2D eigenvalue weighted by atomic mass is 9.90. The summed E-state index contributed by atoms with van der Waals surface area (Å²) in [6.07, 6.45) is 6.16. The molecule has 0 saturated heterocycles. The van der Waals surface area contributed by atoms with Crippen molar-refractivity contribution in [2.75, 3.05) is 18.8 Å². The molecular weight excluding hydrogens is 236 g/mol. The topological polar surface area (TPSA) is 58.2 Å². The molecule has 0 unspecified atom stereocenters. The van der Waals surface area contributed by atoms with Gasteiger partial charge in [0.2, 0.25) is 10.0 Å². The van der Waals surface area contributed by atoms with Gasteiger partial charge in [0.1, 0.15) is 0 Å². The second-order valence-electron chi connectivity index (χ2n) is 5.28. The van der Waals surface area contributed by atoms with Crippen molar-refractivity contribution in [2.45, 2.75) is 52.0 Å². The summed E-state index contributed by atoms with van der Waals surface area (Å²) in [5.74, 6) is 0.731. The fourth-order valence-electron chi connectivity index (χ4n) is 2.19. The third kappa shape index (κ3) is 7.01. The predicted octanol–water partition coefficient (Wildman–Crippen LogP) is 1.48. The molecule has 1 saturated carbocycles. The van der Waals surface area contributed by atoms with E-state index in [-0.39, 0.29) is 5.75 Å². The maximum absolute atomic E-state index is 11.7. The van der Waals surface area contributed by atoms with E-state index < -0.39 is 10.0 Å². The van der Waals surface area contributed by atoms with Crippen LogP contribution in [0.25, 0.3) is 0 Å². The van der Waals surface area contributed by atoms with E-state index in [1.165, 1.54) is 32.1 Å². The minimum absolute atomic E-state index is 0.178. The average molecular weight is 262 g/mol. The molecule has 2 N–H and O–H groups in total. The normalized spacial score (nSPS) is 18.8. The molecule has 4 nitrogen and oxygen atoms in total. The molecular formula is C12H26N2O2S. The Balaban J connectivity index is 2.19. The lowest BCUT2D eigenvalue weighted by Gasteiger charge is -2.21. The van der Waals surface area contributed by atoms with Gasteiger partial charge in [0, 0.05) is 19.1 Å². The van der Waals surface area contributed by atoms with Gasteiger partial charge in [-0.15, -0.1) is 0 Å². The molecule has 1 aliphatic rings. The van der Waals surface area contributed by atoms with Gasteiger partial charge >= 0.3 is 0 Å². The van der Waals surface area contributed by atoms with Gasteiger partial charge in [-0.25, -0.2) is 13.1 Å². The molecule has 0 aromatic carbocycles. The Hall–Kier alpha value is -0.130. The van der Waals surface area contributed by atoms with Gasteiger partial charge in [0.25, 0.3) is 0 Å². The molecule has 0 amide bonds. The molecule has 1 fully saturated rings. The van der Waals surface area contributed by atoms with Crippen molar-refractivity contribution in [1.82, 2.24) is 10.0 Å². The van der Waals surface area contributed by atoms with Gasteiger partial charge in [-0.2, -0.15) is 0 Å². The molecule has 17 heavy (non-hydrogen) atoms. The van der Waals surface area contributed by atoms with Crippen molar-refractivity contribution < 1.29 is 8.42 Å². The molecule has 0 spiro atoms. The highest BCUT2D eigenvalue weighted by Crippen LogP contribution is 2.22. The lowest BCUT2D eigenvalue weighted by Crippen LogP contribution is -2.36. The molecule has 0 heterocycles. The monoisotopic (exact) mass is 262 g/mol. The Morgan fingerprint density at radius 2 is 1.82 bits per heavy atom. The first-order chi connectivity index (χ1) is 7.99. The standard InChI is InChI=1S/C12H26N2O2S/c1-11(2)13-8-9-17(15,16)14-10-12-6-4-3-5-7-12/h11-14H,3-10H2,1-2H3. The quantitative estimate of drug-likeness (QED) is 0.731. The van der Waals surface area contributed by atoms with Crippen LogP contribution in [-0.4, -0.2) is 33.3 Å². The lowest BCUT2D eigenvalue weighted by molar-refractivity contribution is 0.357. The zero-order valence-electron chi connectivity index (χ0n) is 11.0. The minimum atomic E-state index is -3.09. The second-order valence-corrected chi connectivity index (χ2v) is 7.21. The Bertz CT molecular complexity index is 296. The number of hydrogen-bond donors (Lipinski definition) is 2. The van der Waals surface area contributed by atoms with Crippen molar-refractivity contribution >= 4 is 10.0 Å². The van der Waals surface area contributed by atoms with Crippen LogP contribution in [0.2, 0.25) is 0 Å². The summed E-state index contributed by atoms with van der Waals surface area (Å²) < 4.78 is 26.1. The van der Waals surface area contributed by atoms with E-state index >= 15 is 0 Å². The van der Waals surface area contributed by atoms with Crippen LogP contribution in [0, 0.1) is 5.92 Å². The third-order valence-electron chi connectivity index (χ3n) is 3.24. The van der Waals surface area contributed by atoms with Crippen molar-refractivity contribution in [2.24, 2.45) is 5.92 Å². The predicted molar refractivity (Wildman–Crippen MR) is 71.5 cm³/mol. The Morgan fingerprint density at radius 1 is 1.18 bits per heavy atom. The van der Waals surface area contributed by atoms with Crippen molar-refractivity contribution in [3.05, 3.63) is 0 Å². The summed E-state index contributed by atoms with van der Waals surface area (Å²) in [5.41, 5.74) is 0. The van der Waals surface area contributed by atoms with Crippen LogP contribution in [0.4, 0.5) is 0 Å². The molecule has 0 bridgehead atoms. The van der Waals surface area contributed by atoms with E-state index in [1.807, 2.05) is 13.8 Å². The highest BCUT2D eigenvalue weighted by atomic mass is 32.2. The molecule has 0 radical (unpaired) electrons. The average Bonchev–Trinajstić information content (AvgIpc) is 2.27. The van der Waals surface area contributed by atoms with Crippen LogP contribution < -0.4 is 10.0 Å². The van der Waals surface area contributed by atoms with Crippen LogP contribution in [0.1, 0.15) is 46.0 Å². The van der Waals surface area contributed by atoms with Gasteiger partial charge in [-0.3, -0.25) is 0 Å². The van der Waals surface area contributed by atoms with Crippen LogP contribution in [0.5, 0.6) is 0 Å². The molecule has 0 aromatic heterocycles. The van der Waals surface area contributed by atoms with Crippen molar-refractivity contribution in [1.29, 1.82) is 0 Å². The fraction of sp³-hybridized carbons (Fsp3) is 1.00. The largest absolute Gasteiger partial charge is 0.313 e. The second kappa shape index (κ2) is 7.34. The van der Waals surface area contributed by atoms with Crippen molar-refractivity contribution in [3.63, 3.8) is 0 Å². The Labute approximate surface area is 106 Å². The molecule has 0 aliphatic heterocycles. The van der Waals surface area contributed by atoms with Gasteiger partial charge < -0.3 is 5.32 Å². The van der Waals surface area contributed by atoms with Gasteiger partial charge in [-0.1, -0.05) is 33.1 Å². The smallest absolute Gasteiger partial charge is 0.212 e. The zero-order chi connectivity index (χ0) is 12.7.